The van der Waals surface area contributed by atoms with Crippen LogP contribution in [0.2, 0.25) is 0 Å². The Bertz CT molecular complexity index is 909. The van der Waals surface area contributed by atoms with Crippen LogP contribution in [0.4, 0.5) is 4.39 Å². The molecule has 0 fully saturated rings. The molecule has 27 heavy (non-hydrogen) atoms. The Morgan fingerprint density at radius 1 is 1.44 bits per heavy atom. The highest BCUT2D eigenvalue weighted by atomic mass is 19.1. The summed E-state index contributed by atoms with van der Waals surface area (Å²) in [6.07, 6.45) is -0.549. The maximum atomic E-state index is 13.8. The van der Waals surface area contributed by atoms with Crippen molar-refractivity contribution in [1.82, 2.24) is 15.2 Å². The van der Waals surface area contributed by atoms with Gasteiger partial charge in [-0.15, -0.1) is 0 Å². The standard InChI is InChI=1S/C19H20FN3O4/c1-26-19(25)13-7-11(23-6-5-21-10-15(13)23)9-22-18(24)17-8-12-14(20)3-2-4-16(12)27-17/h2-4,7,17,21H,5-6,8-10H2,1H3,(H,22,24). The maximum Gasteiger partial charge on any atom is 0.339 e. The summed E-state index contributed by atoms with van der Waals surface area (Å²) in [6.45, 7) is 2.30. The number of carbonyl (C=O) groups is 2. The molecule has 0 aliphatic carbocycles. The number of nitrogens with one attached hydrogen (secondary N) is 2. The molecule has 1 unspecified atom stereocenters. The topological polar surface area (TPSA) is 81.6 Å². The average Bonchev–Trinajstić information content (AvgIpc) is 3.28. The number of hydrogen-bond donors (Lipinski definition) is 2. The molecule has 0 spiro atoms. The summed E-state index contributed by atoms with van der Waals surface area (Å²) in [5.74, 6) is -0.660. The van der Waals surface area contributed by atoms with Crippen molar-refractivity contribution in [2.45, 2.75) is 32.2 Å². The van der Waals surface area contributed by atoms with E-state index in [0.29, 0.717) is 30.0 Å². The number of ether oxygens (including phenoxy) is 2. The fourth-order valence-electron chi connectivity index (χ4n) is 3.61. The predicted molar refractivity (Wildman–Crippen MR) is 93.8 cm³/mol. The molecule has 0 saturated heterocycles. The van der Waals surface area contributed by atoms with Crippen LogP contribution in [0.5, 0.6) is 5.75 Å². The lowest BCUT2D eigenvalue weighted by molar-refractivity contribution is -0.127. The highest BCUT2D eigenvalue weighted by Crippen LogP contribution is 2.30. The largest absolute Gasteiger partial charge is 0.480 e. The van der Waals surface area contributed by atoms with Crippen LogP contribution in [-0.4, -0.2) is 36.2 Å². The van der Waals surface area contributed by atoms with Crippen molar-refractivity contribution in [3.05, 3.63) is 52.6 Å². The van der Waals surface area contributed by atoms with Gasteiger partial charge in [-0.3, -0.25) is 4.79 Å². The van der Waals surface area contributed by atoms with E-state index in [1.54, 1.807) is 18.2 Å². The Balaban J connectivity index is 1.46. The van der Waals surface area contributed by atoms with Crippen molar-refractivity contribution in [1.29, 1.82) is 0 Å². The Labute approximate surface area is 155 Å². The molecular formula is C19H20FN3O4. The number of benzene rings is 1. The summed E-state index contributed by atoms with van der Waals surface area (Å²) in [6, 6.07) is 6.32. The smallest absolute Gasteiger partial charge is 0.339 e. The van der Waals surface area contributed by atoms with Gasteiger partial charge in [-0.05, 0) is 18.2 Å². The van der Waals surface area contributed by atoms with Gasteiger partial charge in [0.2, 0.25) is 0 Å². The van der Waals surface area contributed by atoms with Crippen molar-refractivity contribution in [2.24, 2.45) is 0 Å². The van der Waals surface area contributed by atoms with Crippen LogP contribution in [0, 0.1) is 5.82 Å². The van der Waals surface area contributed by atoms with Gasteiger partial charge in [0.25, 0.3) is 5.91 Å². The number of halogens is 1. The molecule has 2 aliphatic heterocycles. The van der Waals surface area contributed by atoms with Crippen molar-refractivity contribution >= 4 is 11.9 Å². The van der Waals surface area contributed by atoms with Gasteiger partial charge in [0.05, 0.1) is 19.2 Å². The number of amides is 1. The summed E-state index contributed by atoms with van der Waals surface area (Å²) in [5, 5.41) is 6.06. The normalized spacial score (nSPS) is 17.6. The first-order chi connectivity index (χ1) is 13.1. The van der Waals surface area contributed by atoms with Crippen LogP contribution in [0.1, 0.15) is 27.3 Å². The molecule has 0 saturated carbocycles. The lowest BCUT2D eigenvalue weighted by Crippen LogP contribution is -2.38. The zero-order chi connectivity index (χ0) is 19.0. The summed E-state index contributed by atoms with van der Waals surface area (Å²) in [5.41, 5.74) is 2.60. The number of nitrogens with zero attached hydrogens (tertiary/aromatic N) is 1. The fourth-order valence-corrected chi connectivity index (χ4v) is 3.61. The average molecular weight is 373 g/mol. The number of aromatic nitrogens is 1. The molecule has 3 heterocycles. The predicted octanol–water partition coefficient (Wildman–Crippen LogP) is 1.14. The number of hydrogen-bond acceptors (Lipinski definition) is 5. The Morgan fingerprint density at radius 2 is 2.30 bits per heavy atom. The third-order valence-corrected chi connectivity index (χ3v) is 4.98. The minimum Gasteiger partial charge on any atom is -0.480 e. The van der Waals surface area contributed by atoms with E-state index in [4.69, 9.17) is 9.47 Å². The molecule has 2 aliphatic rings. The number of fused-ring (bicyclic) bond motifs is 2. The Kier molecular flexibility index (Phi) is 4.57. The van der Waals surface area contributed by atoms with Crippen LogP contribution in [-0.2, 0) is 35.6 Å². The first-order valence-corrected chi connectivity index (χ1v) is 8.80. The van der Waals surface area contributed by atoms with E-state index in [0.717, 1.165) is 17.9 Å². The Hall–Kier alpha value is -2.87. The van der Waals surface area contributed by atoms with Crippen LogP contribution >= 0.6 is 0 Å². The third kappa shape index (κ3) is 3.16. The SMILES string of the molecule is COC(=O)c1cc(CNC(=O)C2Cc3c(F)cccc3O2)n2c1CNCC2. The van der Waals surface area contributed by atoms with E-state index in [1.807, 2.05) is 4.57 Å². The molecule has 1 atom stereocenters. The number of esters is 1. The van der Waals surface area contributed by atoms with Gasteiger partial charge < -0.3 is 24.7 Å². The fraction of sp³-hybridized carbons (Fsp3) is 0.368. The van der Waals surface area contributed by atoms with E-state index in [2.05, 4.69) is 10.6 Å². The third-order valence-electron chi connectivity index (χ3n) is 4.98. The van der Waals surface area contributed by atoms with E-state index in [9.17, 15) is 14.0 Å². The molecule has 7 nitrogen and oxygen atoms in total. The van der Waals surface area contributed by atoms with E-state index < -0.39 is 12.1 Å². The quantitative estimate of drug-likeness (QED) is 0.786. The second-order valence-electron chi connectivity index (χ2n) is 6.56. The van der Waals surface area contributed by atoms with Crippen molar-refractivity contribution < 1.29 is 23.5 Å². The lowest BCUT2D eigenvalue weighted by Gasteiger charge is -2.20. The molecule has 4 rings (SSSR count). The molecule has 142 valence electrons. The highest BCUT2D eigenvalue weighted by Gasteiger charge is 2.31. The van der Waals surface area contributed by atoms with E-state index in [-0.39, 0.29) is 24.7 Å². The van der Waals surface area contributed by atoms with Crippen molar-refractivity contribution in [2.75, 3.05) is 13.7 Å². The maximum absolute atomic E-state index is 13.8. The van der Waals surface area contributed by atoms with Crippen LogP contribution < -0.4 is 15.4 Å². The summed E-state index contributed by atoms with van der Waals surface area (Å²) in [4.78, 5) is 24.5. The molecule has 0 bridgehead atoms. The summed E-state index contributed by atoms with van der Waals surface area (Å²) in [7, 11) is 1.35. The first kappa shape index (κ1) is 17.5. The first-order valence-electron chi connectivity index (χ1n) is 8.80. The molecule has 1 aromatic carbocycles. The van der Waals surface area contributed by atoms with Gasteiger partial charge in [0.1, 0.15) is 11.6 Å². The van der Waals surface area contributed by atoms with Crippen molar-refractivity contribution in [3.8, 4) is 5.75 Å². The van der Waals surface area contributed by atoms with Crippen LogP contribution in [0.3, 0.4) is 0 Å². The zero-order valence-corrected chi connectivity index (χ0v) is 14.9. The number of methoxy groups -OCH3 is 1. The van der Waals surface area contributed by atoms with Crippen LogP contribution in [0.15, 0.2) is 24.3 Å². The van der Waals surface area contributed by atoms with Gasteiger partial charge in [0, 0.05) is 43.0 Å². The highest BCUT2D eigenvalue weighted by molar-refractivity contribution is 5.91. The van der Waals surface area contributed by atoms with Gasteiger partial charge in [-0.2, -0.15) is 0 Å². The summed E-state index contributed by atoms with van der Waals surface area (Å²) < 4.78 is 26.3. The molecule has 8 heteroatoms. The molecule has 1 amide bonds. The van der Waals surface area contributed by atoms with E-state index >= 15 is 0 Å². The van der Waals surface area contributed by atoms with Crippen LogP contribution in [0.25, 0.3) is 0 Å². The van der Waals surface area contributed by atoms with Gasteiger partial charge in [-0.1, -0.05) is 6.07 Å². The lowest BCUT2D eigenvalue weighted by atomic mass is 10.1. The molecule has 0 radical (unpaired) electrons. The van der Waals surface area contributed by atoms with Crippen molar-refractivity contribution in [3.63, 3.8) is 0 Å². The minimum atomic E-state index is -0.755. The molecule has 2 aromatic rings. The van der Waals surface area contributed by atoms with Gasteiger partial charge in [0.15, 0.2) is 6.10 Å². The molecular weight excluding hydrogens is 353 g/mol. The second kappa shape index (κ2) is 7.03. The zero-order valence-electron chi connectivity index (χ0n) is 14.9. The monoisotopic (exact) mass is 373 g/mol. The van der Waals surface area contributed by atoms with E-state index in [1.165, 1.54) is 13.2 Å². The minimum absolute atomic E-state index is 0.206. The number of rotatable bonds is 4. The summed E-state index contributed by atoms with van der Waals surface area (Å²) >= 11 is 0. The number of carbonyl (C=O) groups excluding carboxylic acids is 2. The van der Waals surface area contributed by atoms with Gasteiger partial charge >= 0.3 is 5.97 Å². The molecule has 2 N–H and O–H groups in total. The second-order valence-corrected chi connectivity index (χ2v) is 6.56. The molecule has 1 aromatic heterocycles. The Morgan fingerprint density at radius 3 is 3.07 bits per heavy atom. The van der Waals surface area contributed by atoms with Gasteiger partial charge in [-0.25, -0.2) is 9.18 Å².